The minimum Gasteiger partial charge on any atom is -0.504 e. The molecular formula is C12H13NO4. The van der Waals surface area contributed by atoms with Crippen LogP contribution in [-0.2, 0) is 6.42 Å². The first kappa shape index (κ1) is 12.8. The van der Waals surface area contributed by atoms with Crippen molar-refractivity contribution in [1.29, 1.82) is 0 Å². The van der Waals surface area contributed by atoms with Gasteiger partial charge in [-0.05, 0) is 18.1 Å². The van der Waals surface area contributed by atoms with E-state index < -0.39 is 4.92 Å². The number of benzene rings is 1. The van der Waals surface area contributed by atoms with E-state index in [2.05, 4.69) is 6.58 Å². The predicted molar refractivity (Wildman–Crippen MR) is 64.6 cm³/mol. The lowest BCUT2D eigenvalue weighted by Gasteiger charge is -2.10. The molecular weight excluding hydrogens is 222 g/mol. The van der Waals surface area contributed by atoms with Crippen molar-refractivity contribution in [3.8, 4) is 11.5 Å². The SMILES string of the molecule is C=CCc1c(/C=C/[N+](=O)[O-])ccc(OC)c1O. The van der Waals surface area contributed by atoms with E-state index in [9.17, 15) is 15.2 Å². The van der Waals surface area contributed by atoms with Crippen molar-refractivity contribution in [2.24, 2.45) is 0 Å². The monoisotopic (exact) mass is 235 g/mol. The van der Waals surface area contributed by atoms with Gasteiger partial charge in [0.05, 0.1) is 12.0 Å². The van der Waals surface area contributed by atoms with Gasteiger partial charge in [-0.15, -0.1) is 6.58 Å². The van der Waals surface area contributed by atoms with E-state index in [-0.39, 0.29) is 5.75 Å². The average Bonchev–Trinajstić information content (AvgIpc) is 2.30. The largest absolute Gasteiger partial charge is 0.504 e. The number of nitro groups is 1. The van der Waals surface area contributed by atoms with Gasteiger partial charge >= 0.3 is 0 Å². The molecule has 90 valence electrons. The Morgan fingerprint density at radius 3 is 2.82 bits per heavy atom. The Labute approximate surface area is 98.8 Å². The second-order valence-electron chi connectivity index (χ2n) is 3.28. The molecule has 0 aliphatic heterocycles. The number of methoxy groups -OCH3 is 1. The number of phenolic OH excluding ortho intramolecular Hbond substituents is 1. The molecule has 1 aromatic carbocycles. The smallest absolute Gasteiger partial charge is 0.235 e. The van der Waals surface area contributed by atoms with Gasteiger partial charge in [0.25, 0.3) is 0 Å². The maximum Gasteiger partial charge on any atom is 0.235 e. The van der Waals surface area contributed by atoms with Crippen LogP contribution in [0, 0.1) is 10.1 Å². The normalized spacial score (nSPS) is 10.4. The minimum absolute atomic E-state index is 0.0158. The Kier molecular flexibility index (Phi) is 4.28. The molecule has 5 nitrogen and oxygen atoms in total. The van der Waals surface area contributed by atoms with Crippen LogP contribution in [0.1, 0.15) is 11.1 Å². The first-order valence-corrected chi connectivity index (χ1v) is 4.91. The summed E-state index contributed by atoms with van der Waals surface area (Å²) in [5, 5.41) is 20.2. The highest BCUT2D eigenvalue weighted by molar-refractivity contribution is 5.61. The van der Waals surface area contributed by atoms with Gasteiger partial charge in [-0.3, -0.25) is 10.1 Å². The van der Waals surface area contributed by atoms with Crippen LogP contribution >= 0.6 is 0 Å². The van der Waals surface area contributed by atoms with Crippen molar-refractivity contribution in [1.82, 2.24) is 0 Å². The third-order valence-corrected chi connectivity index (χ3v) is 2.23. The fourth-order valence-corrected chi connectivity index (χ4v) is 1.45. The summed E-state index contributed by atoms with van der Waals surface area (Å²) in [6, 6.07) is 3.21. The summed E-state index contributed by atoms with van der Waals surface area (Å²) < 4.78 is 4.97. The van der Waals surface area contributed by atoms with E-state index >= 15 is 0 Å². The number of aromatic hydroxyl groups is 1. The summed E-state index contributed by atoms with van der Waals surface area (Å²) in [6.07, 6.45) is 4.17. The van der Waals surface area contributed by atoms with Crippen LogP contribution in [0.2, 0.25) is 0 Å². The Hall–Kier alpha value is -2.30. The second kappa shape index (κ2) is 5.69. The van der Waals surface area contributed by atoms with Gasteiger partial charge in [-0.2, -0.15) is 0 Å². The van der Waals surface area contributed by atoms with Crippen LogP contribution in [0.25, 0.3) is 6.08 Å². The van der Waals surface area contributed by atoms with Crippen molar-refractivity contribution in [3.63, 3.8) is 0 Å². The Morgan fingerprint density at radius 1 is 1.59 bits per heavy atom. The lowest BCUT2D eigenvalue weighted by Crippen LogP contribution is -1.93. The van der Waals surface area contributed by atoms with Crippen molar-refractivity contribution in [2.75, 3.05) is 7.11 Å². The van der Waals surface area contributed by atoms with Crippen LogP contribution in [0.3, 0.4) is 0 Å². The molecule has 0 unspecified atom stereocenters. The van der Waals surface area contributed by atoms with Gasteiger partial charge < -0.3 is 9.84 Å². The van der Waals surface area contributed by atoms with Crippen LogP contribution in [-0.4, -0.2) is 17.1 Å². The van der Waals surface area contributed by atoms with Crippen molar-refractivity contribution >= 4 is 6.08 Å². The van der Waals surface area contributed by atoms with E-state index in [1.165, 1.54) is 13.2 Å². The van der Waals surface area contributed by atoms with Crippen molar-refractivity contribution in [2.45, 2.75) is 6.42 Å². The summed E-state index contributed by atoms with van der Waals surface area (Å²) in [5.74, 6) is 0.318. The van der Waals surface area contributed by atoms with E-state index in [1.807, 2.05) is 0 Å². The first-order valence-electron chi connectivity index (χ1n) is 4.91. The Morgan fingerprint density at radius 2 is 2.29 bits per heavy atom. The van der Waals surface area contributed by atoms with Crippen LogP contribution in [0.4, 0.5) is 0 Å². The standard InChI is InChI=1S/C12H13NO4/c1-3-4-10-9(7-8-13(15)16)5-6-11(17-2)12(10)14/h3,5-8,14H,1,4H2,2H3/b8-7+. The van der Waals surface area contributed by atoms with Gasteiger partial charge in [0.15, 0.2) is 11.5 Å². The highest BCUT2D eigenvalue weighted by Crippen LogP contribution is 2.33. The molecule has 1 N–H and O–H groups in total. The van der Waals surface area contributed by atoms with Crippen LogP contribution in [0.5, 0.6) is 11.5 Å². The summed E-state index contributed by atoms with van der Waals surface area (Å²) in [5.41, 5.74) is 1.12. The fraction of sp³-hybridized carbons (Fsp3) is 0.167. The lowest BCUT2D eigenvalue weighted by molar-refractivity contribution is -0.400. The van der Waals surface area contributed by atoms with Crippen molar-refractivity contribution < 1.29 is 14.8 Å². The summed E-state index contributed by atoms with van der Waals surface area (Å²) >= 11 is 0. The minimum atomic E-state index is -0.557. The topological polar surface area (TPSA) is 72.6 Å². The first-order chi connectivity index (χ1) is 8.10. The molecule has 17 heavy (non-hydrogen) atoms. The number of hydrogen-bond acceptors (Lipinski definition) is 4. The average molecular weight is 235 g/mol. The zero-order valence-electron chi connectivity index (χ0n) is 9.42. The molecule has 1 aromatic rings. The lowest BCUT2D eigenvalue weighted by atomic mass is 10.0. The molecule has 0 heterocycles. The van der Waals surface area contributed by atoms with E-state index in [1.54, 1.807) is 18.2 Å². The molecule has 0 saturated carbocycles. The predicted octanol–water partition coefficient (Wildman–Crippen LogP) is 2.38. The summed E-state index contributed by atoms with van der Waals surface area (Å²) in [6.45, 7) is 3.58. The van der Waals surface area contributed by atoms with Gasteiger partial charge in [-0.25, -0.2) is 0 Å². The number of phenols is 1. The fourth-order valence-electron chi connectivity index (χ4n) is 1.45. The van der Waals surface area contributed by atoms with Crippen LogP contribution in [0.15, 0.2) is 31.0 Å². The quantitative estimate of drug-likeness (QED) is 0.483. The molecule has 0 bridgehead atoms. The maximum atomic E-state index is 10.3. The molecule has 5 heteroatoms. The van der Waals surface area contributed by atoms with Crippen molar-refractivity contribution in [3.05, 3.63) is 52.2 Å². The molecule has 0 aromatic heterocycles. The molecule has 0 atom stereocenters. The molecule has 0 saturated heterocycles. The zero-order valence-corrected chi connectivity index (χ0v) is 9.42. The summed E-state index contributed by atoms with van der Waals surface area (Å²) in [7, 11) is 1.44. The molecule has 0 amide bonds. The second-order valence-corrected chi connectivity index (χ2v) is 3.28. The molecule has 0 aliphatic carbocycles. The molecule has 0 spiro atoms. The van der Waals surface area contributed by atoms with Crippen LogP contribution < -0.4 is 4.74 Å². The highest BCUT2D eigenvalue weighted by atomic mass is 16.6. The third-order valence-electron chi connectivity index (χ3n) is 2.23. The molecule has 0 aliphatic rings. The van der Waals surface area contributed by atoms with Gasteiger partial charge in [0.1, 0.15) is 0 Å². The van der Waals surface area contributed by atoms with E-state index in [0.717, 1.165) is 6.20 Å². The maximum absolute atomic E-state index is 10.3. The van der Waals surface area contributed by atoms with Gasteiger partial charge in [0.2, 0.25) is 6.20 Å². The number of hydrogen-bond donors (Lipinski definition) is 1. The Bertz CT molecular complexity index is 466. The third kappa shape index (κ3) is 3.07. The van der Waals surface area contributed by atoms with Gasteiger partial charge in [0, 0.05) is 11.6 Å². The van der Waals surface area contributed by atoms with E-state index in [0.29, 0.717) is 23.3 Å². The molecule has 1 rings (SSSR count). The number of rotatable bonds is 5. The summed E-state index contributed by atoms with van der Waals surface area (Å²) in [4.78, 5) is 9.70. The number of ether oxygens (including phenoxy) is 1. The number of allylic oxidation sites excluding steroid dienone is 1. The van der Waals surface area contributed by atoms with Gasteiger partial charge in [-0.1, -0.05) is 12.1 Å². The Balaban J connectivity index is 3.25. The molecule has 0 fully saturated rings. The molecule has 0 radical (unpaired) electrons. The van der Waals surface area contributed by atoms with E-state index in [4.69, 9.17) is 4.74 Å². The number of nitrogens with zero attached hydrogens (tertiary/aromatic N) is 1. The zero-order chi connectivity index (χ0) is 12.8. The highest BCUT2D eigenvalue weighted by Gasteiger charge is 2.10.